The average Bonchev–Trinajstić information content (AvgIpc) is 2.47. The highest BCUT2D eigenvalue weighted by Gasteiger charge is 2.62. The monoisotopic (exact) mass is 319 g/mol. The summed E-state index contributed by atoms with van der Waals surface area (Å²) in [6.45, 7) is 1.21. The molecule has 1 N–H and O–H groups in total. The Kier molecular flexibility index (Phi) is 5.54. The summed E-state index contributed by atoms with van der Waals surface area (Å²) in [5, 5.41) is 1.97. The molecule has 1 rings (SSSR count). The molecule has 22 heavy (non-hydrogen) atoms. The molecule has 0 radical (unpaired) electrons. The maximum absolute atomic E-state index is 13.5. The first kappa shape index (κ1) is 18.0. The maximum Gasteiger partial charge on any atom is 0.430 e. The number of hydrogen-bond donors (Lipinski definition) is 1. The summed E-state index contributed by atoms with van der Waals surface area (Å²) in [7, 11) is 1.85. The quantitative estimate of drug-likeness (QED) is 0.840. The third-order valence-corrected chi connectivity index (χ3v) is 3.11. The Morgan fingerprint density at radius 3 is 2.09 bits per heavy atom. The molecular weight excluding hydrogens is 303 g/mol. The van der Waals surface area contributed by atoms with Crippen LogP contribution in [-0.4, -0.2) is 38.3 Å². The van der Waals surface area contributed by atoms with Crippen LogP contribution in [0.3, 0.4) is 0 Å². The minimum absolute atomic E-state index is 0.389. The van der Waals surface area contributed by atoms with E-state index in [2.05, 4.69) is 9.47 Å². The van der Waals surface area contributed by atoms with Gasteiger partial charge in [-0.3, -0.25) is 4.79 Å². The molecule has 0 fully saturated rings. The number of carbonyl (C=O) groups excluding carboxylic acids is 2. The summed E-state index contributed by atoms with van der Waals surface area (Å²) in [5.74, 6) is -2.36. The van der Waals surface area contributed by atoms with Crippen molar-refractivity contribution < 1.29 is 32.2 Å². The van der Waals surface area contributed by atoms with Crippen molar-refractivity contribution in [3.05, 3.63) is 35.9 Å². The third kappa shape index (κ3) is 3.22. The molecule has 0 spiro atoms. The number of carbonyl (C=O) groups is 2. The van der Waals surface area contributed by atoms with Gasteiger partial charge in [0.1, 0.15) is 6.04 Å². The van der Waals surface area contributed by atoms with E-state index in [1.54, 1.807) is 0 Å². The van der Waals surface area contributed by atoms with Crippen molar-refractivity contribution in [2.75, 3.05) is 14.2 Å². The third-order valence-electron chi connectivity index (χ3n) is 3.11. The number of benzene rings is 1. The smallest absolute Gasteiger partial charge is 0.430 e. The summed E-state index contributed by atoms with van der Waals surface area (Å²) in [6.07, 6.45) is -5.02. The van der Waals surface area contributed by atoms with E-state index in [-0.39, 0.29) is 5.56 Å². The van der Waals surface area contributed by atoms with E-state index in [1.807, 2.05) is 5.32 Å². The fourth-order valence-electron chi connectivity index (χ4n) is 1.96. The summed E-state index contributed by atoms with van der Waals surface area (Å²) in [4.78, 5) is 23.5. The van der Waals surface area contributed by atoms with E-state index in [0.29, 0.717) is 0 Å². The maximum atomic E-state index is 13.5. The Morgan fingerprint density at radius 2 is 1.68 bits per heavy atom. The van der Waals surface area contributed by atoms with Gasteiger partial charge in [-0.15, -0.1) is 0 Å². The molecule has 122 valence electrons. The first-order valence-electron chi connectivity index (χ1n) is 6.27. The molecule has 0 aliphatic rings. The van der Waals surface area contributed by atoms with Crippen LogP contribution in [0, 0.1) is 0 Å². The first-order chi connectivity index (χ1) is 10.2. The highest BCUT2D eigenvalue weighted by Crippen LogP contribution is 2.42. The number of esters is 1. The number of alkyl halides is 3. The number of amides is 1. The predicted octanol–water partition coefficient (Wildman–Crippen LogP) is 1.77. The minimum atomic E-state index is -5.02. The van der Waals surface area contributed by atoms with E-state index < -0.39 is 29.7 Å². The molecule has 0 saturated carbocycles. The van der Waals surface area contributed by atoms with Gasteiger partial charge >= 0.3 is 12.1 Å². The van der Waals surface area contributed by atoms with Crippen LogP contribution in [0.15, 0.2) is 30.3 Å². The van der Waals surface area contributed by atoms with Crippen molar-refractivity contribution in [1.29, 1.82) is 0 Å². The highest BCUT2D eigenvalue weighted by molar-refractivity contribution is 5.91. The molecule has 0 heterocycles. The molecule has 2 atom stereocenters. The summed E-state index contributed by atoms with van der Waals surface area (Å²) in [5.41, 5.74) is -3.60. The molecule has 8 heteroatoms. The van der Waals surface area contributed by atoms with E-state index in [0.717, 1.165) is 26.4 Å². The Hall–Kier alpha value is -2.09. The Labute approximate surface area is 125 Å². The van der Waals surface area contributed by atoms with Crippen molar-refractivity contribution in [1.82, 2.24) is 5.32 Å². The van der Waals surface area contributed by atoms with Gasteiger partial charge in [0.25, 0.3) is 11.5 Å². The highest BCUT2D eigenvalue weighted by atomic mass is 19.4. The number of rotatable bonds is 5. The molecule has 5 nitrogen and oxygen atoms in total. The van der Waals surface area contributed by atoms with Crippen LogP contribution in [0.25, 0.3) is 0 Å². The zero-order valence-electron chi connectivity index (χ0n) is 12.2. The standard InChI is InChI=1S/C14H16F3NO4/c1-9(11(19)21-2)18-12(20)13(22-3,14(15,16)17)10-7-5-4-6-8-10/h4-9H,1-3H3,(H,18,20)/t9-,13+/m0/s1. The Bertz CT molecular complexity index is 533. The minimum Gasteiger partial charge on any atom is -0.467 e. The number of methoxy groups -OCH3 is 2. The lowest BCUT2D eigenvalue weighted by molar-refractivity contribution is -0.266. The zero-order chi connectivity index (χ0) is 17.0. The zero-order valence-corrected chi connectivity index (χ0v) is 12.2. The van der Waals surface area contributed by atoms with Crippen molar-refractivity contribution in [3.8, 4) is 0 Å². The van der Waals surface area contributed by atoms with Crippen molar-refractivity contribution >= 4 is 11.9 Å². The number of nitrogens with one attached hydrogen (secondary N) is 1. The number of hydrogen-bond acceptors (Lipinski definition) is 4. The second-order valence-electron chi connectivity index (χ2n) is 4.47. The van der Waals surface area contributed by atoms with Gasteiger partial charge in [-0.05, 0) is 6.92 Å². The van der Waals surface area contributed by atoms with E-state index >= 15 is 0 Å². The fraction of sp³-hybridized carbons (Fsp3) is 0.429. The van der Waals surface area contributed by atoms with Gasteiger partial charge in [-0.1, -0.05) is 30.3 Å². The number of halogens is 3. The van der Waals surface area contributed by atoms with Crippen LogP contribution in [0.4, 0.5) is 13.2 Å². The lowest BCUT2D eigenvalue weighted by Gasteiger charge is -2.33. The Balaban J connectivity index is 3.28. The van der Waals surface area contributed by atoms with Gasteiger partial charge in [-0.2, -0.15) is 13.2 Å². The molecule has 0 bridgehead atoms. The predicted molar refractivity (Wildman–Crippen MR) is 70.8 cm³/mol. The second kappa shape index (κ2) is 6.78. The van der Waals surface area contributed by atoms with Gasteiger partial charge < -0.3 is 14.8 Å². The molecular formula is C14H16F3NO4. The average molecular weight is 319 g/mol. The fourth-order valence-corrected chi connectivity index (χ4v) is 1.96. The second-order valence-corrected chi connectivity index (χ2v) is 4.47. The molecule has 0 saturated heterocycles. The van der Waals surface area contributed by atoms with Crippen LogP contribution in [0.2, 0.25) is 0 Å². The molecule has 0 aliphatic carbocycles. The summed E-state index contributed by atoms with van der Waals surface area (Å²) in [6, 6.07) is 5.21. The SMILES string of the molecule is COC(=O)[C@H](C)NC(=O)[C@](OC)(c1ccccc1)C(F)(F)F. The van der Waals surface area contributed by atoms with Crippen LogP contribution < -0.4 is 5.32 Å². The first-order valence-corrected chi connectivity index (χ1v) is 6.27. The van der Waals surface area contributed by atoms with Gasteiger partial charge in [0.15, 0.2) is 0 Å². The van der Waals surface area contributed by atoms with Gasteiger partial charge in [0.05, 0.1) is 7.11 Å². The molecule has 1 amide bonds. The molecule has 0 aliphatic heterocycles. The van der Waals surface area contributed by atoms with E-state index in [4.69, 9.17) is 0 Å². The summed E-state index contributed by atoms with van der Waals surface area (Å²) < 4.78 is 49.6. The van der Waals surface area contributed by atoms with Crippen LogP contribution >= 0.6 is 0 Å². The van der Waals surface area contributed by atoms with Crippen molar-refractivity contribution in [3.63, 3.8) is 0 Å². The topological polar surface area (TPSA) is 64.6 Å². The van der Waals surface area contributed by atoms with Crippen LogP contribution in [-0.2, 0) is 24.7 Å². The molecule has 0 aromatic heterocycles. The van der Waals surface area contributed by atoms with Crippen LogP contribution in [0.5, 0.6) is 0 Å². The van der Waals surface area contributed by atoms with E-state index in [1.165, 1.54) is 25.1 Å². The Morgan fingerprint density at radius 1 is 1.14 bits per heavy atom. The lowest BCUT2D eigenvalue weighted by Crippen LogP contribution is -2.58. The lowest BCUT2D eigenvalue weighted by atomic mass is 9.91. The van der Waals surface area contributed by atoms with Crippen LogP contribution in [0.1, 0.15) is 12.5 Å². The van der Waals surface area contributed by atoms with Crippen molar-refractivity contribution in [2.24, 2.45) is 0 Å². The van der Waals surface area contributed by atoms with Gasteiger partial charge in [0, 0.05) is 12.7 Å². The molecule has 0 unspecified atom stereocenters. The van der Waals surface area contributed by atoms with Gasteiger partial charge in [-0.25, -0.2) is 4.79 Å². The molecule has 1 aromatic carbocycles. The van der Waals surface area contributed by atoms with Crippen molar-refractivity contribution in [2.45, 2.75) is 24.7 Å². The normalized spacial score (nSPS) is 15.5. The van der Waals surface area contributed by atoms with Gasteiger partial charge in [0.2, 0.25) is 0 Å². The van der Waals surface area contributed by atoms with E-state index in [9.17, 15) is 22.8 Å². The number of ether oxygens (including phenoxy) is 2. The molecule has 1 aromatic rings. The summed E-state index contributed by atoms with van der Waals surface area (Å²) >= 11 is 0. The largest absolute Gasteiger partial charge is 0.467 e.